The van der Waals surface area contributed by atoms with Gasteiger partial charge in [-0.05, 0) is 12.3 Å². The summed E-state index contributed by atoms with van der Waals surface area (Å²) in [6.07, 6.45) is 2.62. The molecule has 0 radical (unpaired) electrons. The molecule has 2 nitrogen and oxygen atoms in total. The molecule has 13 heavy (non-hydrogen) atoms. The summed E-state index contributed by atoms with van der Waals surface area (Å²) in [6, 6.07) is 0.772. The van der Waals surface area contributed by atoms with E-state index in [4.69, 9.17) is 4.74 Å². The Morgan fingerprint density at radius 2 is 1.85 bits per heavy atom. The van der Waals surface area contributed by atoms with Gasteiger partial charge in [0.15, 0.2) is 0 Å². The first-order valence-electron chi connectivity index (χ1n) is 5.57. The first-order valence-corrected chi connectivity index (χ1v) is 5.57. The van der Waals surface area contributed by atoms with Crippen molar-refractivity contribution in [3.8, 4) is 0 Å². The largest absolute Gasteiger partial charge is 0.379 e. The smallest absolute Gasteiger partial charge is 0.0594 e. The van der Waals surface area contributed by atoms with E-state index in [0.717, 1.165) is 38.3 Å². The second-order valence-electron chi connectivity index (χ2n) is 4.25. The predicted molar refractivity (Wildman–Crippen MR) is 55.9 cm³/mol. The molecule has 0 bridgehead atoms. The molecule has 0 saturated carbocycles. The van der Waals surface area contributed by atoms with Crippen LogP contribution in [0.25, 0.3) is 0 Å². The number of rotatable bonds is 4. The van der Waals surface area contributed by atoms with E-state index in [0.29, 0.717) is 0 Å². The summed E-state index contributed by atoms with van der Waals surface area (Å²) < 4.78 is 5.37. The Kier molecular flexibility index (Phi) is 4.74. The summed E-state index contributed by atoms with van der Waals surface area (Å²) in [7, 11) is 0. The van der Waals surface area contributed by atoms with E-state index in [1.165, 1.54) is 12.8 Å². The first-order chi connectivity index (χ1) is 6.25. The van der Waals surface area contributed by atoms with Gasteiger partial charge < -0.3 is 4.74 Å². The average molecular weight is 185 g/mol. The Morgan fingerprint density at radius 1 is 1.23 bits per heavy atom. The number of morpholine rings is 1. The van der Waals surface area contributed by atoms with Crippen molar-refractivity contribution in [2.24, 2.45) is 5.92 Å². The Labute approximate surface area is 82.3 Å². The first kappa shape index (κ1) is 11.0. The minimum Gasteiger partial charge on any atom is -0.379 e. The molecule has 1 aliphatic heterocycles. The van der Waals surface area contributed by atoms with E-state index in [1.54, 1.807) is 0 Å². The van der Waals surface area contributed by atoms with E-state index in [2.05, 4.69) is 25.7 Å². The third kappa shape index (κ3) is 3.28. The molecule has 0 aliphatic carbocycles. The highest BCUT2D eigenvalue weighted by atomic mass is 16.5. The lowest BCUT2D eigenvalue weighted by atomic mass is 9.97. The number of ether oxygens (including phenoxy) is 1. The lowest BCUT2D eigenvalue weighted by molar-refractivity contribution is 0.00405. The fraction of sp³-hybridized carbons (Fsp3) is 1.00. The van der Waals surface area contributed by atoms with Gasteiger partial charge in [-0.3, -0.25) is 4.90 Å². The maximum atomic E-state index is 5.37. The van der Waals surface area contributed by atoms with Gasteiger partial charge in [-0.15, -0.1) is 0 Å². The highest BCUT2D eigenvalue weighted by Crippen LogP contribution is 2.17. The standard InChI is InChI=1S/C11H23NO/c1-4-5-11(10(2)3)12-6-8-13-9-7-12/h10-11H,4-9H2,1-3H3. The molecular weight excluding hydrogens is 162 g/mol. The van der Waals surface area contributed by atoms with Crippen molar-refractivity contribution < 1.29 is 4.74 Å². The van der Waals surface area contributed by atoms with E-state index in [1.807, 2.05) is 0 Å². The molecule has 2 heteroatoms. The van der Waals surface area contributed by atoms with Gasteiger partial charge >= 0.3 is 0 Å². The molecule has 78 valence electrons. The SMILES string of the molecule is CCCC(C(C)C)N1CCOCC1. The highest BCUT2D eigenvalue weighted by molar-refractivity contribution is 4.76. The summed E-state index contributed by atoms with van der Waals surface area (Å²) in [4.78, 5) is 2.59. The normalized spacial score (nSPS) is 22.2. The minimum absolute atomic E-state index is 0.772. The van der Waals surface area contributed by atoms with Crippen LogP contribution in [0.5, 0.6) is 0 Å². The monoisotopic (exact) mass is 185 g/mol. The second kappa shape index (κ2) is 5.61. The average Bonchev–Trinajstić information content (AvgIpc) is 2.15. The van der Waals surface area contributed by atoms with Gasteiger partial charge in [0.05, 0.1) is 13.2 Å². The van der Waals surface area contributed by atoms with Crippen molar-refractivity contribution >= 4 is 0 Å². The molecule has 0 spiro atoms. The summed E-state index contributed by atoms with van der Waals surface area (Å²) in [5, 5.41) is 0. The molecule has 1 unspecified atom stereocenters. The van der Waals surface area contributed by atoms with Crippen LogP contribution < -0.4 is 0 Å². The van der Waals surface area contributed by atoms with Crippen molar-refractivity contribution in [1.29, 1.82) is 0 Å². The summed E-state index contributed by atoms with van der Waals surface area (Å²) in [5.41, 5.74) is 0. The molecule has 0 amide bonds. The van der Waals surface area contributed by atoms with Crippen LogP contribution in [0.4, 0.5) is 0 Å². The van der Waals surface area contributed by atoms with Gasteiger partial charge in [0.25, 0.3) is 0 Å². The fourth-order valence-corrected chi connectivity index (χ4v) is 2.14. The molecular formula is C11H23NO. The highest BCUT2D eigenvalue weighted by Gasteiger charge is 2.22. The molecule has 0 aromatic carbocycles. The van der Waals surface area contributed by atoms with Gasteiger partial charge in [0.1, 0.15) is 0 Å². The van der Waals surface area contributed by atoms with Crippen LogP contribution in [0.15, 0.2) is 0 Å². The molecule has 1 heterocycles. The Morgan fingerprint density at radius 3 is 2.31 bits per heavy atom. The number of nitrogens with zero attached hydrogens (tertiary/aromatic N) is 1. The van der Waals surface area contributed by atoms with Gasteiger partial charge in [-0.25, -0.2) is 0 Å². The lowest BCUT2D eigenvalue weighted by Crippen LogP contribution is -2.45. The van der Waals surface area contributed by atoms with Crippen molar-refractivity contribution in [1.82, 2.24) is 4.90 Å². The summed E-state index contributed by atoms with van der Waals surface area (Å²) >= 11 is 0. The van der Waals surface area contributed by atoms with E-state index in [-0.39, 0.29) is 0 Å². The zero-order valence-electron chi connectivity index (χ0n) is 9.25. The molecule has 0 aromatic rings. The van der Waals surface area contributed by atoms with Crippen molar-refractivity contribution in [3.05, 3.63) is 0 Å². The van der Waals surface area contributed by atoms with Crippen LogP contribution in [-0.4, -0.2) is 37.2 Å². The molecule has 1 fully saturated rings. The van der Waals surface area contributed by atoms with Crippen LogP contribution in [-0.2, 0) is 4.74 Å². The third-order valence-corrected chi connectivity index (χ3v) is 2.87. The molecule has 1 aliphatic rings. The second-order valence-corrected chi connectivity index (χ2v) is 4.25. The maximum absolute atomic E-state index is 5.37. The van der Waals surface area contributed by atoms with Crippen LogP contribution in [0.3, 0.4) is 0 Å². The Hall–Kier alpha value is -0.0800. The fourth-order valence-electron chi connectivity index (χ4n) is 2.14. The van der Waals surface area contributed by atoms with E-state index < -0.39 is 0 Å². The molecule has 1 rings (SSSR count). The minimum atomic E-state index is 0.772. The zero-order chi connectivity index (χ0) is 9.68. The number of hydrogen-bond donors (Lipinski definition) is 0. The molecule has 1 atom stereocenters. The van der Waals surface area contributed by atoms with Crippen LogP contribution in [0, 0.1) is 5.92 Å². The van der Waals surface area contributed by atoms with Crippen molar-refractivity contribution in [3.63, 3.8) is 0 Å². The van der Waals surface area contributed by atoms with Crippen LogP contribution in [0.1, 0.15) is 33.6 Å². The van der Waals surface area contributed by atoms with Gasteiger partial charge in [-0.2, -0.15) is 0 Å². The summed E-state index contributed by atoms with van der Waals surface area (Å²) in [6.45, 7) is 11.0. The topological polar surface area (TPSA) is 12.5 Å². The van der Waals surface area contributed by atoms with E-state index >= 15 is 0 Å². The zero-order valence-corrected chi connectivity index (χ0v) is 9.25. The molecule has 1 saturated heterocycles. The van der Waals surface area contributed by atoms with Gasteiger partial charge in [-0.1, -0.05) is 27.2 Å². The third-order valence-electron chi connectivity index (χ3n) is 2.87. The number of hydrogen-bond acceptors (Lipinski definition) is 2. The lowest BCUT2D eigenvalue weighted by Gasteiger charge is -2.36. The Balaban J connectivity index is 2.41. The predicted octanol–water partition coefficient (Wildman–Crippen LogP) is 2.14. The van der Waals surface area contributed by atoms with E-state index in [9.17, 15) is 0 Å². The van der Waals surface area contributed by atoms with Crippen molar-refractivity contribution in [2.75, 3.05) is 26.3 Å². The van der Waals surface area contributed by atoms with Crippen molar-refractivity contribution in [2.45, 2.75) is 39.7 Å². The van der Waals surface area contributed by atoms with Crippen LogP contribution >= 0.6 is 0 Å². The quantitative estimate of drug-likeness (QED) is 0.665. The van der Waals surface area contributed by atoms with Crippen LogP contribution in [0.2, 0.25) is 0 Å². The van der Waals surface area contributed by atoms with Gasteiger partial charge in [0, 0.05) is 19.1 Å². The Bertz CT molecular complexity index is 130. The summed E-state index contributed by atoms with van der Waals surface area (Å²) in [5.74, 6) is 0.776. The molecule has 0 N–H and O–H groups in total. The molecule has 0 aromatic heterocycles. The van der Waals surface area contributed by atoms with Gasteiger partial charge in [0.2, 0.25) is 0 Å². The maximum Gasteiger partial charge on any atom is 0.0594 e.